The highest BCUT2D eigenvalue weighted by Gasteiger charge is 2.33. The molecule has 2 rings (SSSR count). The number of thioether (sulfide) groups is 1. The second-order valence-electron chi connectivity index (χ2n) is 11.4. The Morgan fingerprint density at radius 2 is 1.36 bits per heavy atom. The summed E-state index contributed by atoms with van der Waals surface area (Å²) in [6.45, 7) is 4.91. The molecular weight excluding hydrogens is 550 g/mol. The van der Waals surface area contributed by atoms with Gasteiger partial charge in [0, 0.05) is 30.2 Å². The van der Waals surface area contributed by atoms with Crippen LogP contribution in [-0.2, 0) is 20.8 Å². The van der Waals surface area contributed by atoms with Crippen molar-refractivity contribution in [2.45, 2.75) is 140 Å². The van der Waals surface area contributed by atoms with Crippen molar-refractivity contribution in [2.75, 3.05) is 19.8 Å². The molecular formula is C33H55N3O5S. The molecule has 1 fully saturated rings. The first kappa shape index (κ1) is 35.9. The van der Waals surface area contributed by atoms with Crippen LogP contribution in [-0.4, -0.2) is 58.2 Å². The molecule has 1 saturated heterocycles. The van der Waals surface area contributed by atoms with E-state index in [0.29, 0.717) is 18.8 Å². The van der Waals surface area contributed by atoms with Crippen LogP contribution in [0.5, 0.6) is 0 Å². The van der Waals surface area contributed by atoms with Gasteiger partial charge >= 0.3 is 12.2 Å². The van der Waals surface area contributed by atoms with Gasteiger partial charge in [0.25, 0.3) is 0 Å². The zero-order valence-corrected chi connectivity index (χ0v) is 27.0. The highest BCUT2D eigenvalue weighted by molar-refractivity contribution is 8.01. The van der Waals surface area contributed by atoms with Gasteiger partial charge in [-0.3, -0.25) is 9.78 Å². The topological polar surface area (TPSA) is 97.8 Å². The van der Waals surface area contributed by atoms with Crippen molar-refractivity contribution < 1.29 is 23.9 Å². The van der Waals surface area contributed by atoms with Crippen LogP contribution in [0.15, 0.2) is 24.4 Å². The summed E-state index contributed by atoms with van der Waals surface area (Å²) in [5, 5.41) is 3.19. The lowest BCUT2D eigenvalue weighted by Crippen LogP contribution is -2.40. The Morgan fingerprint density at radius 3 is 1.86 bits per heavy atom. The minimum absolute atomic E-state index is 0.0812. The zero-order valence-electron chi connectivity index (χ0n) is 26.2. The molecule has 1 N–H and O–H groups in total. The Hall–Kier alpha value is -2.29. The number of hydrogen-bond acceptors (Lipinski definition) is 7. The summed E-state index contributed by atoms with van der Waals surface area (Å²) in [4.78, 5) is 41.5. The van der Waals surface area contributed by atoms with Gasteiger partial charge in [-0.05, 0) is 25.0 Å². The molecule has 0 saturated carbocycles. The van der Waals surface area contributed by atoms with Gasteiger partial charge in [0.15, 0.2) is 0 Å². The second-order valence-corrected chi connectivity index (χ2v) is 13.1. The molecule has 0 radical (unpaired) electrons. The quantitative estimate of drug-likeness (QED) is 0.125. The van der Waals surface area contributed by atoms with Gasteiger partial charge in [0.1, 0.15) is 13.2 Å². The Balaban J connectivity index is 1.35. The lowest BCUT2D eigenvalue weighted by atomic mass is 10.0. The predicted octanol–water partition coefficient (Wildman–Crippen LogP) is 8.43. The van der Waals surface area contributed by atoms with Gasteiger partial charge in [-0.2, -0.15) is 0 Å². The maximum atomic E-state index is 12.4. The molecule has 1 aliphatic heterocycles. The third-order valence-electron chi connectivity index (χ3n) is 7.65. The molecule has 42 heavy (non-hydrogen) atoms. The number of pyridine rings is 1. The van der Waals surface area contributed by atoms with Crippen LogP contribution in [0.2, 0.25) is 0 Å². The molecule has 238 valence electrons. The minimum atomic E-state index is -0.665. The largest absolute Gasteiger partial charge is 0.448 e. The summed E-state index contributed by atoms with van der Waals surface area (Å²) in [5.74, 6) is -0.385. The summed E-state index contributed by atoms with van der Waals surface area (Å²) in [6, 6.07) is 5.34. The van der Waals surface area contributed by atoms with Crippen molar-refractivity contribution in [3.8, 4) is 0 Å². The van der Waals surface area contributed by atoms with Gasteiger partial charge in [-0.25, -0.2) is 14.5 Å². The minimum Gasteiger partial charge on any atom is -0.448 e. The molecule has 0 spiro atoms. The molecule has 2 atom stereocenters. The Kier molecular flexibility index (Phi) is 19.8. The first-order chi connectivity index (χ1) is 20.5. The number of aromatic nitrogens is 1. The summed E-state index contributed by atoms with van der Waals surface area (Å²) >= 11 is 1.63. The summed E-state index contributed by atoms with van der Waals surface area (Å²) < 4.78 is 10.7. The van der Waals surface area contributed by atoms with Gasteiger partial charge in [0.2, 0.25) is 5.91 Å². The van der Waals surface area contributed by atoms with Crippen molar-refractivity contribution >= 4 is 29.9 Å². The molecule has 8 nitrogen and oxygen atoms in total. The molecule has 2 heterocycles. The number of carbonyl (C=O) groups excluding carboxylic acids is 3. The molecule has 1 aromatic rings. The third kappa shape index (κ3) is 17.0. The van der Waals surface area contributed by atoms with E-state index in [1.54, 1.807) is 36.2 Å². The van der Waals surface area contributed by atoms with E-state index in [4.69, 9.17) is 9.47 Å². The molecule has 0 unspecified atom stereocenters. The lowest BCUT2D eigenvalue weighted by molar-refractivity contribution is -0.127. The first-order valence-corrected chi connectivity index (χ1v) is 17.3. The van der Waals surface area contributed by atoms with Gasteiger partial charge < -0.3 is 14.8 Å². The maximum absolute atomic E-state index is 12.4. The van der Waals surface area contributed by atoms with Crippen molar-refractivity contribution in [1.29, 1.82) is 0 Å². The van der Waals surface area contributed by atoms with E-state index in [-0.39, 0.29) is 35.7 Å². The zero-order chi connectivity index (χ0) is 30.3. The van der Waals surface area contributed by atoms with E-state index < -0.39 is 6.09 Å². The van der Waals surface area contributed by atoms with Gasteiger partial charge in [0.05, 0.1) is 12.2 Å². The van der Waals surface area contributed by atoms with E-state index in [0.717, 1.165) is 24.2 Å². The number of nitrogens with zero attached hydrogens (tertiary/aromatic N) is 2. The normalized spacial score (nSPS) is 16.0. The summed E-state index contributed by atoms with van der Waals surface area (Å²) in [7, 11) is 0. The fourth-order valence-electron chi connectivity index (χ4n) is 5.05. The molecule has 0 aromatic carbocycles. The molecule has 9 heteroatoms. The van der Waals surface area contributed by atoms with Crippen molar-refractivity contribution in [3.05, 3.63) is 30.1 Å². The molecule has 1 aliphatic rings. The number of imide groups is 1. The summed E-state index contributed by atoms with van der Waals surface area (Å²) in [6.07, 6.45) is 22.7. The first-order valence-electron chi connectivity index (χ1n) is 16.4. The average molecular weight is 606 g/mol. The van der Waals surface area contributed by atoms with E-state index in [1.165, 1.54) is 96.8 Å². The van der Waals surface area contributed by atoms with Crippen LogP contribution in [0.4, 0.5) is 9.59 Å². The second kappa shape index (κ2) is 23.2. The lowest BCUT2D eigenvalue weighted by Gasteiger charge is -2.34. The Bertz CT molecular complexity index is 867. The maximum Gasteiger partial charge on any atom is 0.416 e. The molecule has 0 aliphatic carbocycles. The number of carbonyl (C=O) groups is 3. The van der Waals surface area contributed by atoms with Crippen LogP contribution in [0.25, 0.3) is 0 Å². The molecule has 1 aromatic heterocycles. The smallest absolute Gasteiger partial charge is 0.416 e. The average Bonchev–Trinajstić information content (AvgIpc) is 2.96. The highest BCUT2D eigenvalue weighted by Crippen LogP contribution is 2.37. The Labute approximate surface area is 258 Å². The standard InChI is InChI=1S/C33H55N3O5S/c1-3-4-5-6-7-8-9-10-11-12-13-14-15-16-17-19-23-35-32(38)40-26-30-24-31(42-30)27-41-33(39)36(28(2)37)25-29-21-18-20-22-34-29/h18,20-22,30-31H,3-17,19,23-27H2,1-2H3,(H,35,38)/t30-,31+/m1/s1. The Morgan fingerprint density at radius 1 is 0.833 bits per heavy atom. The SMILES string of the molecule is CCCCCCCCCCCCCCCCCCNC(=O)OC[C@H]1C[C@@H](COC(=O)N(Cc2ccccn2)C(C)=O)S1. The molecule has 3 amide bonds. The van der Waals surface area contributed by atoms with Crippen molar-refractivity contribution in [2.24, 2.45) is 0 Å². The summed E-state index contributed by atoms with van der Waals surface area (Å²) in [5.41, 5.74) is 0.618. The fourth-order valence-corrected chi connectivity index (χ4v) is 6.22. The van der Waals surface area contributed by atoms with Crippen LogP contribution in [0, 0.1) is 0 Å². The van der Waals surface area contributed by atoms with Crippen LogP contribution in [0.1, 0.15) is 129 Å². The van der Waals surface area contributed by atoms with Crippen LogP contribution in [0.3, 0.4) is 0 Å². The highest BCUT2D eigenvalue weighted by atomic mass is 32.2. The number of nitrogens with one attached hydrogen (secondary N) is 1. The number of amides is 3. The van der Waals surface area contributed by atoms with Crippen LogP contribution >= 0.6 is 11.8 Å². The number of unbranched alkanes of at least 4 members (excludes halogenated alkanes) is 15. The van der Waals surface area contributed by atoms with Crippen molar-refractivity contribution in [1.82, 2.24) is 15.2 Å². The van der Waals surface area contributed by atoms with Gasteiger partial charge in [-0.15, -0.1) is 11.8 Å². The number of ether oxygens (including phenoxy) is 2. The number of alkyl carbamates (subject to hydrolysis) is 1. The van der Waals surface area contributed by atoms with E-state index >= 15 is 0 Å². The van der Waals surface area contributed by atoms with E-state index in [9.17, 15) is 14.4 Å². The van der Waals surface area contributed by atoms with Crippen molar-refractivity contribution in [3.63, 3.8) is 0 Å². The predicted molar refractivity (Wildman–Crippen MR) is 170 cm³/mol. The third-order valence-corrected chi connectivity index (χ3v) is 9.08. The van der Waals surface area contributed by atoms with Gasteiger partial charge in [-0.1, -0.05) is 109 Å². The van der Waals surface area contributed by atoms with E-state index in [2.05, 4.69) is 17.2 Å². The monoisotopic (exact) mass is 605 g/mol. The number of hydrogen-bond donors (Lipinski definition) is 1. The molecule has 0 bridgehead atoms. The number of rotatable bonds is 23. The fraction of sp³-hybridized carbons (Fsp3) is 0.758. The van der Waals surface area contributed by atoms with Crippen LogP contribution < -0.4 is 5.32 Å². The van der Waals surface area contributed by atoms with E-state index in [1.807, 2.05) is 0 Å².